The predicted octanol–water partition coefficient (Wildman–Crippen LogP) is 1.50. The van der Waals surface area contributed by atoms with Gasteiger partial charge in [-0.2, -0.15) is 0 Å². The van der Waals surface area contributed by atoms with Crippen LogP contribution < -0.4 is 0 Å². The molecule has 0 saturated carbocycles. The Morgan fingerprint density at radius 1 is 1.67 bits per heavy atom. The second-order valence-corrected chi connectivity index (χ2v) is 5.05. The van der Waals surface area contributed by atoms with Gasteiger partial charge in [0.1, 0.15) is 0 Å². The zero-order valence-corrected chi connectivity index (χ0v) is 10.9. The van der Waals surface area contributed by atoms with Crippen molar-refractivity contribution in [3.05, 3.63) is 23.7 Å². The van der Waals surface area contributed by atoms with Crippen LogP contribution in [0.3, 0.4) is 0 Å². The van der Waals surface area contributed by atoms with Crippen LogP contribution in [0.1, 0.15) is 29.0 Å². The predicted molar refractivity (Wildman–Crippen MR) is 67.7 cm³/mol. The van der Waals surface area contributed by atoms with Crippen molar-refractivity contribution >= 4 is 5.97 Å². The molecule has 0 amide bonds. The highest BCUT2D eigenvalue weighted by atomic mass is 16.4. The Balaban J connectivity index is 2.00. The van der Waals surface area contributed by atoms with E-state index in [4.69, 9.17) is 9.52 Å². The Bertz CT molecular complexity index is 416. The van der Waals surface area contributed by atoms with Crippen LogP contribution in [0.2, 0.25) is 0 Å². The summed E-state index contributed by atoms with van der Waals surface area (Å²) in [5.41, 5.74) is 0.748. The summed E-state index contributed by atoms with van der Waals surface area (Å²) in [7, 11) is 4.17. The lowest BCUT2D eigenvalue weighted by atomic mass is 10.0. The molecule has 5 heteroatoms. The number of carboxylic acids is 1. The molecule has 0 aromatic carbocycles. The molecule has 1 saturated heterocycles. The summed E-state index contributed by atoms with van der Waals surface area (Å²) in [4.78, 5) is 15.5. The molecule has 0 bridgehead atoms. The molecule has 1 unspecified atom stereocenters. The Labute approximate surface area is 107 Å². The van der Waals surface area contributed by atoms with E-state index in [0.717, 1.165) is 18.7 Å². The van der Waals surface area contributed by atoms with Gasteiger partial charge in [0, 0.05) is 24.7 Å². The fourth-order valence-corrected chi connectivity index (χ4v) is 2.54. The number of aromatic carboxylic acids is 1. The Morgan fingerprint density at radius 2 is 2.44 bits per heavy atom. The maximum atomic E-state index is 11.0. The van der Waals surface area contributed by atoms with E-state index in [-0.39, 0.29) is 5.76 Å². The van der Waals surface area contributed by atoms with Crippen LogP contribution in [0.5, 0.6) is 0 Å². The SMILES string of the molecule is CN1CCCC(N(C)Cc2ccoc2C(=O)O)C1. The molecule has 1 aliphatic rings. The first-order chi connectivity index (χ1) is 8.58. The molecule has 0 radical (unpaired) electrons. The number of likely N-dealkylation sites (N-methyl/N-ethyl adjacent to an activating group) is 2. The lowest BCUT2D eigenvalue weighted by Crippen LogP contribution is -2.44. The molecule has 100 valence electrons. The third-order valence-electron chi connectivity index (χ3n) is 3.58. The first-order valence-corrected chi connectivity index (χ1v) is 6.26. The normalized spacial score (nSPS) is 21.4. The van der Waals surface area contributed by atoms with Gasteiger partial charge in [0.15, 0.2) is 0 Å². The average molecular weight is 252 g/mol. The maximum absolute atomic E-state index is 11.0. The van der Waals surface area contributed by atoms with Crippen molar-refractivity contribution in [1.82, 2.24) is 9.80 Å². The summed E-state index contributed by atoms with van der Waals surface area (Å²) >= 11 is 0. The summed E-state index contributed by atoms with van der Waals surface area (Å²) in [5, 5.41) is 9.00. The second-order valence-electron chi connectivity index (χ2n) is 5.05. The molecule has 1 aromatic rings. The van der Waals surface area contributed by atoms with E-state index < -0.39 is 5.97 Å². The summed E-state index contributed by atoms with van der Waals surface area (Å²) in [6, 6.07) is 2.23. The highest BCUT2D eigenvalue weighted by Gasteiger charge is 2.23. The number of carboxylic acid groups (broad SMARTS) is 1. The van der Waals surface area contributed by atoms with Crippen LogP contribution >= 0.6 is 0 Å². The minimum atomic E-state index is -0.996. The highest BCUT2D eigenvalue weighted by Crippen LogP contribution is 2.18. The average Bonchev–Trinajstić information content (AvgIpc) is 2.77. The van der Waals surface area contributed by atoms with E-state index in [2.05, 4.69) is 16.8 Å². The fourth-order valence-electron chi connectivity index (χ4n) is 2.54. The Hall–Kier alpha value is -1.33. The molecule has 1 aliphatic heterocycles. The van der Waals surface area contributed by atoms with E-state index in [1.807, 2.05) is 7.05 Å². The van der Waals surface area contributed by atoms with Crippen LogP contribution in [0.25, 0.3) is 0 Å². The lowest BCUT2D eigenvalue weighted by Gasteiger charge is -2.35. The smallest absolute Gasteiger partial charge is 0.372 e. The van der Waals surface area contributed by atoms with Gasteiger partial charge in [0.2, 0.25) is 5.76 Å². The topological polar surface area (TPSA) is 56.9 Å². The van der Waals surface area contributed by atoms with Gasteiger partial charge in [-0.15, -0.1) is 0 Å². The van der Waals surface area contributed by atoms with Gasteiger partial charge in [-0.1, -0.05) is 0 Å². The maximum Gasteiger partial charge on any atom is 0.372 e. The molecule has 2 rings (SSSR count). The van der Waals surface area contributed by atoms with Gasteiger partial charge >= 0.3 is 5.97 Å². The van der Waals surface area contributed by atoms with Crippen LogP contribution in [0, 0.1) is 0 Å². The van der Waals surface area contributed by atoms with Gasteiger partial charge < -0.3 is 14.4 Å². The van der Waals surface area contributed by atoms with Crippen molar-refractivity contribution in [3.63, 3.8) is 0 Å². The Morgan fingerprint density at radius 3 is 3.11 bits per heavy atom. The lowest BCUT2D eigenvalue weighted by molar-refractivity contribution is 0.0657. The van der Waals surface area contributed by atoms with Crippen molar-refractivity contribution in [2.24, 2.45) is 0 Å². The monoisotopic (exact) mass is 252 g/mol. The second kappa shape index (κ2) is 5.54. The van der Waals surface area contributed by atoms with Gasteiger partial charge in [0.05, 0.1) is 6.26 Å². The van der Waals surface area contributed by atoms with Crippen molar-refractivity contribution < 1.29 is 14.3 Å². The van der Waals surface area contributed by atoms with E-state index in [1.165, 1.54) is 19.1 Å². The van der Waals surface area contributed by atoms with Gasteiger partial charge in [-0.05, 0) is 39.5 Å². The molecule has 1 aromatic heterocycles. The van der Waals surface area contributed by atoms with Crippen LogP contribution in [-0.2, 0) is 6.54 Å². The van der Waals surface area contributed by atoms with Gasteiger partial charge in [-0.25, -0.2) is 4.79 Å². The quantitative estimate of drug-likeness (QED) is 0.880. The third-order valence-corrected chi connectivity index (χ3v) is 3.58. The first-order valence-electron chi connectivity index (χ1n) is 6.26. The zero-order chi connectivity index (χ0) is 13.1. The van der Waals surface area contributed by atoms with Crippen LogP contribution in [-0.4, -0.2) is 54.1 Å². The molecule has 0 aliphatic carbocycles. The largest absolute Gasteiger partial charge is 0.475 e. The molecule has 18 heavy (non-hydrogen) atoms. The summed E-state index contributed by atoms with van der Waals surface area (Å²) in [6.45, 7) is 2.81. The Kier molecular flexibility index (Phi) is 4.04. The molecule has 0 spiro atoms. The zero-order valence-electron chi connectivity index (χ0n) is 10.9. The minimum absolute atomic E-state index is 0.0611. The summed E-state index contributed by atoms with van der Waals surface area (Å²) in [5.74, 6) is -0.935. The van der Waals surface area contributed by atoms with E-state index in [1.54, 1.807) is 6.07 Å². The van der Waals surface area contributed by atoms with Crippen LogP contribution in [0.4, 0.5) is 0 Å². The molecular formula is C13H20N2O3. The molecule has 2 heterocycles. The minimum Gasteiger partial charge on any atom is -0.475 e. The molecule has 1 fully saturated rings. The number of nitrogens with zero attached hydrogens (tertiary/aromatic N) is 2. The number of hydrogen-bond donors (Lipinski definition) is 1. The number of carbonyl (C=O) groups is 1. The molecule has 1 N–H and O–H groups in total. The van der Waals surface area contributed by atoms with Crippen molar-refractivity contribution in [3.8, 4) is 0 Å². The van der Waals surface area contributed by atoms with Gasteiger partial charge in [0.25, 0.3) is 0 Å². The summed E-state index contributed by atoms with van der Waals surface area (Å²) in [6.07, 6.45) is 3.81. The van der Waals surface area contributed by atoms with E-state index >= 15 is 0 Å². The number of piperidine rings is 1. The molecule has 1 atom stereocenters. The third kappa shape index (κ3) is 2.91. The van der Waals surface area contributed by atoms with E-state index in [0.29, 0.717) is 12.6 Å². The molecular weight excluding hydrogens is 232 g/mol. The summed E-state index contributed by atoms with van der Waals surface area (Å²) < 4.78 is 5.00. The number of hydrogen-bond acceptors (Lipinski definition) is 4. The number of furan rings is 1. The first kappa shape index (κ1) is 13.1. The number of likely N-dealkylation sites (tertiary alicyclic amines) is 1. The van der Waals surface area contributed by atoms with Crippen LogP contribution in [0.15, 0.2) is 16.7 Å². The standard InChI is InChI=1S/C13H20N2O3/c1-14-6-3-4-11(9-14)15(2)8-10-5-7-18-12(10)13(16)17/h5,7,11H,3-4,6,8-9H2,1-2H3,(H,16,17). The highest BCUT2D eigenvalue weighted by molar-refractivity contribution is 5.86. The van der Waals surface area contributed by atoms with Crippen molar-refractivity contribution in [2.45, 2.75) is 25.4 Å². The van der Waals surface area contributed by atoms with Gasteiger partial charge in [-0.3, -0.25) is 4.90 Å². The fraction of sp³-hybridized carbons (Fsp3) is 0.615. The molecule has 5 nitrogen and oxygen atoms in total. The van der Waals surface area contributed by atoms with E-state index in [9.17, 15) is 4.79 Å². The number of rotatable bonds is 4. The van der Waals surface area contributed by atoms with Crippen molar-refractivity contribution in [2.75, 3.05) is 27.2 Å². The van der Waals surface area contributed by atoms with Crippen molar-refractivity contribution in [1.29, 1.82) is 0 Å².